The molecule has 55 heavy (non-hydrogen) atoms. The van der Waals surface area contributed by atoms with Gasteiger partial charge in [0.15, 0.2) is 0 Å². The molecule has 0 aliphatic rings. The van der Waals surface area contributed by atoms with Gasteiger partial charge in [0.25, 0.3) is 0 Å². The third kappa shape index (κ3) is 18.3. The normalized spacial score (nSPS) is 11.3. The van der Waals surface area contributed by atoms with E-state index in [-0.39, 0.29) is 0 Å². The lowest BCUT2D eigenvalue weighted by Gasteiger charge is -2.17. The van der Waals surface area contributed by atoms with Crippen LogP contribution in [0.1, 0.15) is 79.1 Å². The molecule has 0 aliphatic carbocycles. The largest absolute Gasteiger partial charge is 0.402 e. The van der Waals surface area contributed by atoms with E-state index in [2.05, 4.69) is 143 Å². The molecule has 0 saturated carbocycles. The second kappa shape index (κ2) is 29.4. The molecule has 2 heterocycles. The molecule has 3 N–H and O–H groups in total. The van der Waals surface area contributed by atoms with Crippen molar-refractivity contribution in [3.8, 4) is 0 Å². The molecule has 5 rings (SSSR count). The maximum Gasteiger partial charge on any atom is 0.0379 e. The zero-order valence-electron chi connectivity index (χ0n) is 35.7. The van der Waals surface area contributed by atoms with Crippen LogP contribution in [-0.2, 0) is 0 Å². The fraction of sp³-hybridized carbons (Fsp3) is 0.240. The summed E-state index contributed by atoms with van der Waals surface area (Å²) in [6.07, 6.45) is 8.31. The molecular weight excluding hydrogens is 707 g/mol. The molecule has 0 spiro atoms. The molecule has 2 aromatic heterocycles. The van der Waals surface area contributed by atoms with Crippen LogP contribution in [-0.4, -0.2) is 26.0 Å². The number of thiophene rings is 2. The number of nitrogens with two attached hydrogens (primary N) is 1. The lowest BCUT2D eigenvalue weighted by atomic mass is 9.90. The number of para-hydroxylation sites is 1. The lowest BCUT2D eigenvalue weighted by molar-refractivity contribution is 0.505. The van der Waals surface area contributed by atoms with E-state index in [9.17, 15) is 0 Å². The summed E-state index contributed by atoms with van der Waals surface area (Å²) in [4.78, 5) is 4.47. The van der Waals surface area contributed by atoms with Gasteiger partial charge in [0.2, 0.25) is 0 Å². The minimum atomic E-state index is 0.771. The highest BCUT2D eigenvalue weighted by Gasteiger charge is 2.15. The van der Waals surface area contributed by atoms with E-state index in [1.54, 1.807) is 22.7 Å². The van der Waals surface area contributed by atoms with E-state index >= 15 is 0 Å². The number of rotatable bonds is 9. The van der Waals surface area contributed by atoms with E-state index < -0.39 is 0 Å². The number of allylic oxidation sites excluding steroid dienone is 6. The standard InChI is InChI=1S/C34H34N2S2.C7H8.C3H9N.2C2H6.C2H4/c1-6-28(26(5)35)23(2)16-17-29(33-14-10-18-37-33)30-20-25(4)31(21-24(30)3)32(34-15-11-19-38-34)22-36-27-12-8-7-9-13-27;1-7-5-3-2-4-6-7;1-4(2)3;3*1-2/h6-22,36H,1,35H2,2-5H3;2-6H,1H3;1-3H3;2*1-2H3;1-2H2/b23-16+,28-26-,29-17-,32-22-;;;;;. The summed E-state index contributed by atoms with van der Waals surface area (Å²) in [6, 6.07) is 33.8. The van der Waals surface area contributed by atoms with Gasteiger partial charge in [0, 0.05) is 32.9 Å². The molecule has 5 aromatic rings. The first-order chi connectivity index (χ1) is 26.5. The fourth-order valence-corrected chi connectivity index (χ4v) is 6.52. The van der Waals surface area contributed by atoms with Crippen LogP contribution < -0.4 is 11.1 Å². The van der Waals surface area contributed by atoms with Crippen molar-refractivity contribution in [2.75, 3.05) is 26.5 Å². The molecule has 3 nitrogen and oxygen atoms in total. The fourth-order valence-electron chi connectivity index (χ4n) is 5.00. The minimum Gasteiger partial charge on any atom is -0.402 e. The van der Waals surface area contributed by atoms with Crippen LogP contribution in [0.25, 0.3) is 11.1 Å². The first-order valence-electron chi connectivity index (χ1n) is 18.8. The zero-order valence-corrected chi connectivity index (χ0v) is 37.3. The van der Waals surface area contributed by atoms with Crippen molar-refractivity contribution in [2.24, 2.45) is 5.73 Å². The molecule has 0 fully saturated rings. The van der Waals surface area contributed by atoms with Crippen molar-refractivity contribution in [1.29, 1.82) is 0 Å². The number of anilines is 1. The molecular formula is C50H67N3S2. The third-order valence-electron chi connectivity index (χ3n) is 7.38. The molecule has 0 bridgehead atoms. The van der Waals surface area contributed by atoms with Gasteiger partial charge in [-0.3, -0.25) is 0 Å². The maximum absolute atomic E-state index is 6.09. The van der Waals surface area contributed by atoms with Gasteiger partial charge in [-0.25, -0.2) is 0 Å². The van der Waals surface area contributed by atoms with Crippen molar-refractivity contribution in [3.05, 3.63) is 206 Å². The van der Waals surface area contributed by atoms with Crippen LogP contribution in [0.2, 0.25) is 0 Å². The van der Waals surface area contributed by atoms with Gasteiger partial charge >= 0.3 is 0 Å². The number of benzene rings is 3. The monoisotopic (exact) mass is 773 g/mol. The first kappa shape index (κ1) is 50.1. The molecule has 0 aliphatic heterocycles. The van der Waals surface area contributed by atoms with Crippen LogP contribution in [0, 0.1) is 20.8 Å². The Hall–Kier alpha value is -4.94. The molecule has 5 heteroatoms. The van der Waals surface area contributed by atoms with E-state index in [4.69, 9.17) is 5.73 Å². The van der Waals surface area contributed by atoms with E-state index in [0.717, 1.165) is 22.5 Å². The highest BCUT2D eigenvalue weighted by molar-refractivity contribution is 7.11. The quantitative estimate of drug-likeness (QED) is 0.116. The van der Waals surface area contributed by atoms with Crippen molar-refractivity contribution < 1.29 is 0 Å². The van der Waals surface area contributed by atoms with E-state index in [1.807, 2.05) is 103 Å². The number of hydrogen-bond donors (Lipinski definition) is 2. The van der Waals surface area contributed by atoms with Gasteiger partial charge in [-0.1, -0.05) is 131 Å². The van der Waals surface area contributed by atoms with Gasteiger partial charge in [-0.15, -0.1) is 35.8 Å². The van der Waals surface area contributed by atoms with Crippen LogP contribution in [0.5, 0.6) is 0 Å². The van der Waals surface area contributed by atoms with Gasteiger partial charge in [-0.05, 0) is 130 Å². The Labute approximate surface area is 343 Å². The molecule has 0 amide bonds. The number of hydrogen-bond acceptors (Lipinski definition) is 5. The second-order valence-corrected chi connectivity index (χ2v) is 14.1. The smallest absolute Gasteiger partial charge is 0.0379 e. The van der Waals surface area contributed by atoms with Gasteiger partial charge in [0.1, 0.15) is 0 Å². The van der Waals surface area contributed by atoms with Crippen LogP contribution >= 0.6 is 22.7 Å². The predicted octanol–water partition coefficient (Wildman–Crippen LogP) is 14.8. The number of aryl methyl sites for hydroxylation is 3. The molecule has 294 valence electrons. The highest BCUT2D eigenvalue weighted by atomic mass is 32.1. The Kier molecular flexibility index (Phi) is 26.8. The third-order valence-corrected chi connectivity index (χ3v) is 9.18. The minimum absolute atomic E-state index is 0.771. The van der Waals surface area contributed by atoms with Gasteiger partial charge in [0.05, 0.1) is 0 Å². The van der Waals surface area contributed by atoms with Crippen molar-refractivity contribution in [3.63, 3.8) is 0 Å². The average Bonchev–Trinajstić information content (AvgIpc) is 3.93. The van der Waals surface area contributed by atoms with Crippen molar-refractivity contribution in [1.82, 2.24) is 4.90 Å². The summed E-state index contributed by atoms with van der Waals surface area (Å²) < 4.78 is 0. The molecule has 0 saturated heterocycles. The Morgan fingerprint density at radius 3 is 1.47 bits per heavy atom. The summed E-state index contributed by atoms with van der Waals surface area (Å²) in [5.74, 6) is 0. The molecule has 0 atom stereocenters. The average molecular weight is 774 g/mol. The van der Waals surface area contributed by atoms with Crippen LogP contribution in [0.4, 0.5) is 5.69 Å². The summed E-state index contributed by atoms with van der Waals surface area (Å²) in [7, 11) is 6.00. The van der Waals surface area contributed by atoms with Crippen molar-refractivity contribution in [2.45, 2.75) is 62.3 Å². The predicted molar refractivity (Wildman–Crippen MR) is 254 cm³/mol. The topological polar surface area (TPSA) is 41.3 Å². The number of nitrogens with zero attached hydrogens (tertiary/aromatic N) is 1. The summed E-state index contributed by atoms with van der Waals surface area (Å²) >= 11 is 3.51. The Morgan fingerprint density at radius 2 is 1.09 bits per heavy atom. The van der Waals surface area contributed by atoms with Crippen molar-refractivity contribution >= 4 is 39.5 Å². The zero-order chi connectivity index (χ0) is 41.8. The molecule has 0 unspecified atom stereocenters. The Morgan fingerprint density at radius 1 is 0.655 bits per heavy atom. The van der Waals surface area contributed by atoms with E-state index in [1.165, 1.54) is 48.7 Å². The number of nitrogens with one attached hydrogen (secondary N) is 1. The van der Waals surface area contributed by atoms with E-state index in [0.29, 0.717) is 0 Å². The Bertz CT molecular complexity index is 1870. The molecule has 3 aromatic carbocycles. The Balaban J connectivity index is 0.00000144. The van der Waals surface area contributed by atoms with Crippen LogP contribution in [0.15, 0.2) is 169 Å². The maximum atomic E-state index is 6.09. The SMILES string of the molecule is C=C.C=CC(=C(\C)N)/C(C)=C/C=C(\c1cccs1)c1cc(C)c(/C(=C/Nc2ccccc2)c2cccs2)cc1C.CC.CC.CN(C)C.Cc1ccccc1. The summed E-state index contributed by atoms with van der Waals surface area (Å²) in [5, 5.41) is 7.76. The first-order valence-corrected chi connectivity index (χ1v) is 20.6. The van der Waals surface area contributed by atoms with Crippen LogP contribution in [0.3, 0.4) is 0 Å². The molecule has 0 radical (unpaired) electrons. The highest BCUT2D eigenvalue weighted by Crippen LogP contribution is 2.36. The van der Waals surface area contributed by atoms with Gasteiger partial charge < -0.3 is 16.0 Å². The van der Waals surface area contributed by atoms with Gasteiger partial charge in [-0.2, -0.15) is 0 Å². The summed E-state index contributed by atoms with van der Waals surface area (Å²) in [6.45, 7) is 28.4. The lowest BCUT2D eigenvalue weighted by Crippen LogP contribution is -1.99. The summed E-state index contributed by atoms with van der Waals surface area (Å²) in [5.41, 5.74) is 18.6. The second-order valence-electron chi connectivity index (χ2n) is 12.2.